The van der Waals surface area contributed by atoms with Crippen molar-refractivity contribution in [3.8, 4) is 11.6 Å². The molecule has 1 aromatic heterocycles. The molecule has 7 heteroatoms. The summed E-state index contributed by atoms with van der Waals surface area (Å²) in [5, 5.41) is 2.78. The van der Waals surface area contributed by atoms with Gasteiger partial charge < -0.3 is 20.5 Å². The molecule has 0 atom stereocenters. The van der Waals surface area contributed by atoms with Crippen LogP contribution in [0.5, 0.6) is 11.6 Å². The number of para-hydroxylation sites is 1. The summed E-state index contributed by atoms with van der Waals surface area (Å²) in [6.45, 7) is 0.190. The van der Waals surface area contributed by atoms with Crippen molar-refractivity contribution in [2.75, 3.05) is 12.4 Å². The molecule has 3 rings (SSSR count). The van der Waals surface area contributed by atoms with Gasteiger partial charge in [0.15, 0.2) is 0 Å². The second-order valence-electron chi connectivity index (χ2n) is 5.89. The number of nitrogens with zero attached hydrogens (tertiary/aromatic N) is 1. The number of carbonyl (C=O) groups excluding carboxylic acids is 2. The van der Waals surface area contributed by atoms with Gasteiger partial charge in [-0.2, -0.15) is 0 Å². The van der Waals surface area contributed by atoms with Crippen molar-refractivity contribution in [1.29, 1.82) is 0 Å². The predicted molar refractivity (Wildman–Crippen MR) is 104 cm³/mol. The van der Waals surface area contributed by atoms with Gasteiger partial charge in [-0.05, 0) is 35.9 Å². The first-order valence-electron chi connectivity index (χ1n) is 8.49. The van der Waals surface area contributed by atoms with Gasteiger partial charge in [-0.3, -0.25) is 9.59 Å². The monoisotopic (exact) mass is 377 g/mol. The first-order chi connectivity index (χ1) is 13.6. The van der Waals surface area contributed by atoms with Gasteiger partial charge in [0.25, 0.3) is 11.8 Å². The summed E-state index contributed by atoms with van der Waals surface area (Å²) < 4.78 is 10.7. The van der Waals surface area contributed by atoms with Gasteiger partial charge in [-0.15, -0.1) is 0 Å². The largest absolute Gasteiger partial charge is 0.488 e. The third-order valence-corrected chi connectivity index (χ3v) is 3.94. The SMILES string of the molecule is COc1ccc(NC(=O)c2cccc(COc3ccccc3C(N)=O)c2)cn1. The van der Waals surface area contributed by atoms with E-state index in [2.05, 4.69) is 10.3 Å². The molecule has 28 heavy (non-hydrogen) atoms. The fourth-order valence-electron chi connectivity index (χ4n) is 2.54. The molecule has 2 amide bonds. The number of nitrogens with two attached hydrogens (primary N) is 1. The Bertz CT molecular complexity index is 987. The number of ether oxygens (including phenoxy) is 2. The van der Waals surface area contributed by atoms with E-state index in [1.54, 1.807) is 54.6 Å². The number of methoxy groups -OCH3 is 1. The Kier molecular flexibility index (Phi) is 5.86. The molecule has 7 nitrogen and oxygen atoms in total. The molecule has 3 aromatic rings. The van der Waals surface area contributed by atoms with Crippen molar-refractivity contribution in [1.82, 2.24) is 4.98 Å². The van der Waals surface area contributed by atoms with Crippen LogP contribution in [0.4, 0.5) is 5.69 Å². The number of amides is 2. The Morgan fingerprint density at radius 3 is 2.61 bits per heavy atom. The molecule has 0 radical (unpaired) electrons. The van der Waals surface area contributed by atoms with E-state index in [0.29, 0.717) is 28.4 Å². The molecular weight excluding hydrogens is 358 g/mol. The lowest BCUT2D eigenvalue weighted by Gasteiger charge is -2.11. The Morgan fingerprint density at radius 2 is 1.89 bits per heavy atom. The van der Waals surface area contributed by atoms with Crippen molar-refractivity contribution in [3.63, 3.8) is 0 Å². The van der Waals surface area contributed by atoms with E-state index in [-0.39, 0.29) is 12.5 Å². The molecule has 0 saturated heterocycles. The molecule has 142 valence electrons. The number of anilines is 1. The van der Waals surface area contributed by atoms with Crippen LogP contribution in [0.15, 0.2) is 66.9 Å². The number of aromatic nitrogens is 1. The summed E-state index contributed by atoms with van der Waals surface area (Å²) >= 11 is 0. The summed E-state index contributed by atoms with van der Waals surface area (Å²) in [5.74, 6) is 0.0331. The Hall–Kier alpha value is -3.87. The maximum atomic E-state index is 12.5. The zero-order valence-corrected chi connectivity index (χ0v) is 15.2. The van der Waals surface area contributed by atoms with Crippen LogP contribution in [0.25, 0.3) is 0 Å². The fraction of sp³-hybridized carbons (Fsp3) is 0.0952. The number of pyridine rings is 1. The van der Waals surface area contributed by atoms with Crippen LogP contribution < -0.4 is 20.5 Å². The Morgan fingerprint density at radius 1 is 1.07 bits per heavy atom. The topological polar surface area (TPSA) is 104 Å². The molecular formula is C21H19N3O4. The minimum atomic E-state index is -0.558. The van der Waals surface area contributed by atoms with Crippen LogP contribution >= 0.6 is 0 Å². The van der Waals surface area contributed by atoms with Crippen molar-refractivity contribution in [2.24, 2.45) is 5.73 Å². The summed E-state index contributed by atoms with van der Waals surface area (Å²) in [6, 6.07) is 17.1. The number of hydrogen-bond donors (Lipinski definition) is 2. The van der Waals surface area contributed by atoms with Crippen molar-refractivity contribution < 1.29 is 19.1 Å². The van der Waals surface area contributed by atoms with Crippen molar-refractivity contribution in [3.05, 3.63) is 83.6 Å². The molecule has 0 unspecified atom stereocenters. The lowest BCUT2D eigenvalue weighted by Crippen LogP contribution is -2.13. The lowest BCUT2D eigenvalue weighted by atomic mass is 10.1. The minimum absolute atomic E-state index is 0.190. The van der Waals surface area contributed by atoms with Crippen molar-refractivity contribution in [2.45, 2.75) is 6.61 Å². The van der Waals surface area contributed by atoms with E-state index >= 15 is 0 Å². The van der Waals surface area contributed by atoms with Gasteiger partial charge in [-0.1, -0.05) is 24.3 Å². The molecule has 0 fully saturated rings. The predicted octanol–water partition coefficient (Wildman–Crippen LogP) is 3.02. The highest BCUT2D eigenvalue weighted by molar-refractivity contribution is 6.04. The third-order valence-electron chi connectivity index (χ3n) is 3.94. The first kappa shape index (κ1) is 18.9. The van der Waals surface area contributed by atoms with E-state index in [9.17, 15) is 9.59 Å². The number of carbonyl (C=O) groups is 2. The molecule has 1 heterocycles. The quantitative estimate of drug-likeness (QED) is 0.659. The van der Waals surface area contributed by atoms with Crippen LogP contribution in [-0.4, -0.2) is 23.9 Å². The maximum Gasteiger partial charge on any atom is 0.255 e. The first-order valence-corrected chi connectivity index (χ1v) is 8.49. The van der Waals surface area contributed by atoms with Gasteiger partial charge in [0.1, 0.15) is 12.4 Å². The zero-order valence-electron chi connectivity index (χ0n) is 15.2. The second-order valence-corrected chi connectivity index (χ2v) is 5.89. The summed E-state index contributed by atoms with van der Waals surface area (Å²) in [4.78, 5) is 28.0. The highest BCUT2D eigenvalue weighted by atomic mass is 16.5. The lowest BCUT2D eigenvalue weighted by molar-refractivity contribution is 0.0994. The summed E-state index contributed by atoms with van der Waals surface area (Å²) in [5.41, 5.74) is 7.47. The Labute approximate surface area is 162 Å². The highest BCUT2D eigenvalue weighted by Gasteiger charge is 2.10. The van der Waals surface area contributed by atoms with Crippen LogP contribution in [0.3, 0.4) is 0 Å². The number of nitrogens with one attached hydrogen (secondary N) is 1. The van der Waals surface area contributed by atoms with E-state index < -0.39 is 5.91 Å². The van der Waals surface area contributed by atoms with Crippen LogP contribution in [0, 0.1) is 0 Å². The molecule has 0 aliphatic carbocycles. The average Bonchev–Trinajstić information content (AvgIpc) is 2.73. The normalized spacial score (nSPS) is 10.2. The molecule has 3 N–H and O–H groups in total. The van der Waals surface area contributed by atoms with Gasteiger partial charge in [0.05, 0.1) is 24.6 Å². The van der Waals surface area contributed by atoms with Crippen molar-refractivity contribution >= 4 is 17.5 Å². The van der Waals surface area contributed by atoms with Gasteiger partial charge >= 0.3 is 0 Å². The summed E-state index contributed by atoms with van der Waals surface area (Å²) in [6.07, 6.45) is 1.52. The Balaban J connectivity index is 1.68. The summed E-state index contributed by atoms with van der Waals surface area (Å²) in [7, 11) is 1.52. The van der Waals surface area contributed by atoms with Crippen LogP contribution in [-0.2, 0) is 6.61 Å². The van der Waals surface area contributed by atoms with Gasteiger partial charge in [-0.25, -0.2) is 4.98 Å². The molecule has 0 saturated carbocycles. The number of primary amides is 1. The molecule has 0 spiro atoms. The van der Waals surface area contributed by atoms with Crippen LogP contribution in [0.1, 0.15) is 26.3 Å². The molecule has 2 aromatic carbocycles. The highest BCUT2D eigenvalue weighted by Crippen LogP contribution is 2.19. The van der Waals surface area contributed by atoms with Gasteiger partial charge in [0.2, 0.25) is 5.88 Å². The molecule has 0 aliphatic heterocycles. The number of benzene rings is 2. The number of hydrogen-bond acceptors (Lipinski definition) is 5. The maximum absolute atomic E-state index is 12.5. The molecule has 0 bridgehead atoms. The second kappa shape index (κ2) is 8.68. The zero-order chi connectivity index (χ0) is 19.9. The minimum Gasteiger partial charge on any atom is -0.488 e. The van der Waals surface area contributed by atoms with E-state index in [1.165, 1.54) is 13.3 Å². The van der Waals surface area contributed by atoms with E-state index in [0.717, 1.165) is 5.56 Å². The molecule has 0 aliphatic rings. The van der Waals surface area contributed by atoms with Gasteiger partial charge in [0, 0.05) is 11.6 Å². The third kappa shape index (κ3) is 4.64. The van der Waals surface area contributed by atoms with E-state index in [4.69, 9.17) is 15.2 Å². The smallest absolute Gasteiger partial charge is 0.255 e. The fourth-order valence-corrected chi connectivity index (χ4v) is 2.54. The number of rotatable bonds is 7. The average molecular weight is 377 g/mol. The van der Waals surface area contributed by atoms with Crippen LogP contribution in [0.2, 0.25) is 0 Å². The standard InChI is InChI=1S/C21H19N3O4/c1-27-19-10-9-16(12-23-19)24-21(26)15-6-4-5-14(11-15)13-28-18-8-3-2-7-17(18)20(22)25/h2-12H,13H2,1H3,(H2,22,25)(H,24,26). The van der Waals surface area contributed by atoms with E-state index in [1.807, 2.05) is 6.07 Å².